The van der Waals surface area contributed by atoms with Gasteiger partial charge < -0.3 is 15.5 Å². The van der Waals surface area contributed by atoms with Crippen molar-refractivity contribution in [2.24, 2.45) is 5.92 Å². The molecule has 158 valence electrons. The molecule has 1 heterocycles. The molecule has 0 spiro atoms. The van der Waals surface area contributed by atoms with Gasteiger partial charge in [0.2, 0.25) is 5.91 Å². The lowest BCUT2D eigenvalue weighted by molar-refractivity contribution is -0.122. The van der Waals surface area contributed by atoms with Gasteiger partial charge >= 0.3 is 0 Å². The monoisotopic (exact) mass is 398 g/mol. The van der Waals surface area contributed by atoms with Crippen molar-refractivity contribution in [2.75, 3.05) is 32.1 Å². The highest BCUT2D eigenvalue weighted by Crippen LogP contribution is 2.35. The van der Waals surface area contributed by atoms with Gasteiger partial charge in [-0.1, -0.05) is 6.07 Å². The van der Waals surface area contributed by atoms with Crippen LogP contribution in [0, 0.1) is 5.92 Å². The van der Waals surface area contributed by atoms with Gasteiger partial charge in [0.15, 0.2) is 0 Å². The first kappa shape index (κ1) is 20.2. The number of hydrogen-bond acceptors (Lipinski definition) is 4. The van der Waals surface area contributed by atoms with Crippen molar-refractivity contribution in [1.82, 2.24) is 15.5 Å². The molecule has 2 saturated carbocycles. The second-order valence-corrected chi connectivity index (χ2v) is 9.23. The van der Waals surface area contributed by atoms with Crippen LogP contribution in [0.1, 0.15) is 55.3 Å². The number of nitrogens with one attached hydrogen (secondary N) is 2. The normalized spacial score (nSPS) is 24.3. The van der Waals surface area contributed by atoms with E-state index in [1.807, 2.05) is 43.3 Å². The van der Waals surface area contributed by atoms with Crippen molar-refractivity contribution in [3.63, 3.8) is 0 Å². The van der Waals surface area contributed by atoms with E-state index >= 15 is 0 Å². The number of hydrogen-bond donors (Lipinski definition) is 2. The van der Waals surface area contributed by atoms with Crippen molar-refractivity contribution in [2.45, 2.75) is 63.1 Å². The number of rotatable bonds is 9. The average molecular weight is 399 g/mol. The first-order valence-corrected chi connectivity index (χ1v) is 11.1. The van der Waals surface area contributed by atoms with E-state index in [-0.39, 0.29) is 11.8 Å². The Labute approximate surface area is 174 Å². The van der Waals surface area contributed by atoms with E-state index in [0.29, 0.717) is 36.7 Å². The van der Waals surface area contributed by atoms with E-state index in [1.54, 1.807) is 0 Å². The molecule has 2 aliphatic carbocycles. The first-order chi connectivity index (χ1) is 14.0. The predicted molar refractivity (Wildman–Crippen MR) is 115 cm³/mol. The van der Waals surface area contributed by atoms with Crippen molar-refractivity contribution in [3.05, 3.63) is 29.8 Å². The van der Waals surface area contributed by atoms with E-state index in [4.69, 9.17) is 0 Å². The van der Waals surface area contributed by atoms with Crippen LogP contribution in [-0.4, -0.2) is 62.0 Å². The number of benzene rings is 1. The Morgan fingerprint density at radius 3 is 2.52 bits per heavy atom. The summed E-state index contributed by atoms with van der Waals surface area (Å²) in [4.78, 5) is 29.5. The Morgan fingerprint density at radius 2 is 1.83 bits per heavy atom. The minimum Gasteiger partial charge on any atom is -0.378 e. The summed E-state index contributed by atoms with van der Waals surface area (Å²) in [7, 11) is 3.95. The second-order valence-electron chi connectivity index (χ2n) is 9.23. The zero-order chi connectivity index (χ0) is 20.4. The highest BCUT2D eigenvalue weighted by molar-refractivity contribution is 5.95. The zero-order valence-electron chi connectivity index (χ0n) is 17.7. The largest absolute Gasteiger partial charge is 0.378 e. The maximum Gasteiger partial charge on any atom is 0.251 e. The fourth-order valence-corrected chi connectivity index (χ4v) is 4.32. The molecule has 3 fully saturated rings. The highest BCUT2D eigenvalue weighted by Gasteiger charge is 2.38. The van der Waals surface area contributed by atoms with Crippen LogP contribution in [0.15, 0.2) is 24.3 Å². The second kappa shape index (κ2) is 8.74. The number of carbonyl (C=O) groups excluding carboxylic acids is 2. The minimum atomic E-state index is -0.0185. The predicted octanol–water partition coefficient (Wildman–Crippen LogP) is 2.39. The van der Waals surface area contributed by atoms with E-state index in [1.165, 1.54) is 12.8 Å². The third-order valence-corrected chi connectivity index (χ3v) is 6.42. The Morgan fingerprint density at radius 1 is 1.07 bits per heavy atom. The van der Waals surface area contributed by atoms with Gasteiger partial charge in [-0.2, -0.15) is 0 Å². The Kier molecular flexibility index (Phi) is 6.09. The van der Waals surface area contributed by atoms with Gasteiger partial charge in [0.25, 0.3) is 5.91 Å². The lowest BCUT2D eigenvalue weighted by atomic mass is 10.1. The van der Waals surface area contributed by atoms with Crippen LogP contribution >= 0.6 is 0 Å². The van der Waals surface area contributed by atoms with Gasteiger partial charge in [0.05, 0.1) is 0 Å². The molecule has 29 heavy (non-hydrogen) atoms. The summed E-state index contributed by atoms with van der Waals surface area (Å²) in [6.45, 7) is 1.72. The number of anilines is 1. The molecule has 2 atom stereocenters. The van der Waals surface area contributed by atoms with Gasteiger partial charge in [-0.25, -0.2) is 0 Å². The summed E-state index contributed by atoms with van der Waals surface area (Å²) in [5.41, 5.74) is 1.72. The molecular weight excluding hydrogens is 364 g/mol. The molecule has 1 aromatic rings. The van der Waals surface area contributed by atoms with Crippen LogP contribution in [0.5, 0.6) is 0 Å². The molecule has 6 heteroatoms. The maximum absolute atomic E-state index is 12.7. The van der Waals surface area contributed by atoms with E-state index in [9.17, 15) is 9.59 Å². The lowest BCUT2D eigenvalue weighted by Gasteiger charge is -2.30. The molecule has 1 aromatic carbocycles. The molecule has 0 unspecified atom stereocenters. The number of carbonyl (C=O) groups is 2. The minimum absolute atomic E-state index is 0.0185. The molecule has 3 aliphatic rings. The van der Waals surface area contributed by atoms with Crippen molar-refractivity contribution < 1.29 is 9.59 Å². The highest BCUT2D eigenvalue weighted by atomic mass is 16.2. The molecule has 0 bridgehead atoms. The molecule has 2 N–H and O–H groups in total. The van der Waals surface area contributed by atoms with Crippen molar-refractivity contribution in [3.8, 4) is 0 Å². The summed E-state index contributed by atoms with van der Waals surface area (Å²) in [5, 5.41) is 6.28. The summed E-state index contributed by atoms with van der Waals surface area (Å²) < 4.78 is 0. The van der Waals surface area contributed by atoms with Gasteiger partial charge in [-0.3, -0.25) is 14.5 Å². The third-order valence-electron chi connectivity index (χ3n) is 6.42. The smallest absolute Gasteiger partial charge is 0.251 e. The summed E-state index contributed by atoms with van der Waals surface area (Å²) in [5.74, 6) is 0.954. The van der Waals surface area contributed by atoms with Gasteiger partial charge in [0, 0.05) is 63.0 Å². The van der Waals surface area contributed by atoms with E-state index < -0.39 is 0 Å². The van der Waals surface area contributed by atoms with Gasteiger partial charge in [-0.15, -0.1) is 0 Å². The number of amides is 2. The van der Waals surface area contributed by atoms with Crippen molar-refractivity contribution in [1.29, 1.82) is 0 Å². The number of likely N-dealkylation sites (tertiary alicyclic amines) is 1. The zero-order valence-corrected chi connectivity index (χ0v) is 17.7. The van der Waals surface area contributed by atoms with E-state index in [0.717, 1.165) is 43.8 Å². The molecular formula is C23H34N4O2. The third kappa shape index (κ3) is 5.50. The lowest BCUT2D eigenvalue weighted by Crippen LogP contribution is -2.45. The SMILES string of the molecule is CN(C)c1cccc(C(=O)NC[C@@H]2CC[C@H](CC(=O)NC3CC3)N2CC2CC2)c1. The van der Waals surface area contributed by atoms with Gasteiger partial charge in [-0.05, 0) is 62.6 Å². The van der Waals surface area contributed by atoms with Crippen LogP contribution < -0.4 is 15.5 Å². The van der Waals surface area contributed by atoms with Crippen LogP contribution in [0.3, 0.4) is 0 Å². The molecule has 0 radical (unpaired) electrons. The van der Waals surface area contributed by atoms with Crippen LogP contribution in [0.2, 0.25) is 0 Å². The van der Waals surface area contributed by atoms with Crippen LogP contribution in [-0.2, 0) is 4.79 Å². The summed E-state index contributed by atoms with van der Waals surface area (Å²) in [6.07, 6.45) is 7.55. The standard InChI is InChI=1S/C23H34N4O2/c1-26(2)19-5-3-4-17(12-19)23(29)24-14-21-11-10-20(27(21)15-16-6-7-16)13-22(28)25-18-8-9-18/h3-5,12,16,18,20-21H,6-11,13-15H2,1-2H3,(H,24,29)(H,25,28)/t20-,21+/m1/s1. The maximum atomic E-state index is 12.7. The number of nitrogens with zero attached hydrogens (tertiary/aromatic N) is 2. The Bertz CT molecular complexity index is 742. The average Bonchev–Trinajstić information content (AvgIpc) is 3.62. The molecule has 1 saturated heterocycles. The molecule has 4 rings (SSSR count). The van der Waals surface area contributed by atoms with Crippen LogP contribution in [0.4, 0.5) is 5.69 Å². The fourth-order valence-electron chi connectivity index (χ4n) is 4.32. The molecule has 6 nitrogen and oxygen atoms in total. The first-order valence-electron chi connectivity index (χ1n) is 11.1. The molecule has 0 aromatic heterocycles. The Hall–Kier alpha value is -2.08. The summed E-state index contributed by atoms with van der Waals surface area (Å²) in [6, 6.07) is 8.79. The van der Waals surface area contributed by atoms with Crippen LogP contribution in [0.25, 0.3) is 0 Å². The fraction of sp³-hybridized carbons (Fsp3) is 0.652. The van der Waals surface area contributed by atoms with E-state index in [2.05, 4.69) is 15.5 Å². The summed E-state index contributed by atoms with van der Waals surface area (Å²) >= 11 is 0. The van der Waals surface area contributed by atoms with Crippen molar-refractivity contribution >= 4 is 17.5 Å². The quantitative estimate of drug-likeness (QED) is 0.670. The topological polar surface area (TPSA) is 64.7 Å². The van der Waals surface area contributed by atoms with Gasteiger partial charge in [0.1, 0.15) is 0 Å². The Balaban J connectivity index is 1.33. The molecule has 2 amide bonds. The molecule has 1 aliphatic heterocycles.